The van der Waals surface area contributed by atoms with Crippen molar-refractivity contribution in [1.82, 2.24) is 9.13 Å². The van der Waals surface area contributed by atoms with Gasteiger partial charge in [-0.2, -0.15) is 0 Å². The Kier molecular flexibility index (Phi) is 7.66. The SMILES string of the molecule is CC1=C(C(=O)OC(C)C)C(c2ccccc2Cl)n2c(sc(=Cc3cn(Cc4ccc(Cl)cc4)c4ccccc34)c2=O)=N1. The Bertz CT molecular complexity index is 2050. The van der Waals surface area contributed by atoms with Crippen molar-refractivity contribution in [2.75, 3.05) is 0 Å². The number of thiazole rings is 1. The molecule has 9 heteroatoms. The highest BCUT2D eigenvalue weighted by Gasteiger charge is 2.34. The van der Waals surface area contributed by atoms with E-state index in [1.807, 2.05) is 66.7 Å². The number of benzene rings is 3. The van der Waals surface area contributed by atoms with Crippen LogP contribution in [0.15, 0.2) is 100 Å². The van der Waals surface area contributed by atoms with Gasteiger partial charge in [0.25, 0.3) is 5.56 Å². The molecule has 1 aliphatic rings. The first-order valence-corrected chi connectivity index (χ1v) is 15.1. The average Bonchev–Trinajstić information content (AvgIpc) is 3.45. The third-order valence-electron chi connectivity index (χ3n) is 7.16. The molecular weight excluding hydrogens is 589 g/mol. The monoisotopic (exact) mass is 615 g/mol. The second-order valence-electron chi connectivity index (χ2n) is 10.4. The summed E-state index contributed by atoms with van der Waals surface area (Å²) in [5.74, 6) is -0.518. The van der Waals surface area contributed by atoms with Crippen LogP contribution in [-0.4, -0.2) is 21.2 Å². The number of hydrogen-bond donors (Lipinski definition) is 0. The molecule has 6 nitrogen and oxygen atoms in total. The first kappa shape index (κ1) is 28.2. The molecule has 3 aromatic carbocycles. The van der Waals surface area contributed by atoms with Crippen LogP contribution in [0.5, 0.6) is 0 Å². The van der Waals surface area contributed by atoms with E-state index < -0.39 is 12.0 Å². The molecule has 0 amide bonds. The minimum absolute atomic E-state index is 0.249. The van der Waals surface area contributed by atoms with Crippen molar-refractivity contribution in [2.24, 2.45) is 4.99 Å². The van der Waals surface area contributed by atoms with Crippen LogP contribution in [0.1, 0.15) is 43.5 Å². The zero-order chi connectivity index (χ0) is 29.5. The van der Waals surface area contributed by atoms with Crippen molar-refractivity contribution >= 4 is 57.5 Å². The number of esters is 1. The zero-order valence-electron chi connectivity index (χ0n) is 23.2. The molecule has 5 aromatic rings. The summed E-state index contributed by atoms with van der Waals surface area (Å²) in [6.45, 7) is 6.00. The van der Waals surface area contributed by atoms with E-state index >= 15 is 0 Å². The lowest BCUT2D eigenvalue weighted by Crippen LogP contribution is -2.40. The van der Waals surface area contributed by atoms with E-state index in [4.69, 9.17) is 32.9 Å². The summed E-state index contributed by atoms with van der Waals surface area (Å²) in [6, 6.07) is 22.4. The molecule has 1 atom stereocenters. The van der Waals surface area contributed by atoms with E-state index in [-0.39, 0.29) is 11.7 Å². The lowest BCUT2D eigenvalue weighted by atomic mass is 9.96. The predicted octanol–water partition coefficient (Wildman–Crippen LogP) is 6.50. The molecule has 2 aromatic heterocycles. The Morgan fingerprint density at radius 2 is 1.76 bits per heavy atom. The number of hydrogen-bond acceptors (Lipinski definition) is 5. The Labute approximate surface area is 256 Å². The molecule has 1 unspecified atom stereocenters. The molecule has 0 aliphatic carbocycles. The number of allylic oxidation sites excluding steroid dienone is 1. The van der Waals surface area contributed by atoms with E-state index in [0.717, 1.165) is 22.0 Å². The van der Waals surface area contributed by atoms with Gasteiger partial charge in [0.1, 0.15) is 6.04 Å². The Hall–Kier alpha value is -3.91. The van der Waals surface area contributed by atoms with Gasteiger partial charge in [-0.15, -0.1) is 0 Å². The van der Waals surface area contributed by atoms with Crippen molar-refractivity contribution in [3.63, 3.8) is 0 Å². The fraction of sp³-hybridized carbons (Fsp3) is 0.182. The third kappa shape index (κ3) is 5.24. The molecule has 0 radical (unpaired) electrons. The van der Waals surface area contributed by atoms with Gasteiger partial charge < -0.3 is 9.30 Å². The van der Waals surface area contributed by atoms with Crippen LogP contribution < -0.4 is 14.9 Å². The van der Waals surface area contributed by atoms with Gasteiger partial charge in [0, 0.05) is 39.3 Å². The molecule has 0 bridgehead atoms. The number of aromatic nitrogens is 2. The van der Waals surface area contributed by atoms with Crippen molar-refractivity contribution in [1.29, 1.82) is 0 Å². The number of halogens is 2. The van der Waals surface area contributed by atoms with Gasteiger partial charge >= 0.3 is 5.97 Å². The quantitative estimate of drug-likeness (QED) is 0.205. The molecule has 0 saturated heterocycles. The molecular formula is C33H27Cl2N3O3S. The maximum Gasteiger partial charge on any atom is 0.338 e. The summed E-state index contributed by atoms with van der Waals surface area (Å²) in [5.41, 5.74) is 4.26. The molecule has 3 heterocycles. The number of carbonyl (C=O) groups is 1. The minimum atomic E-state index is -0.769. The van der Waals surface area contributed by atoms with Crippen LogP contribution in [0.3, 0.4) is 0 Å². The van der Waals surface area contributed by atoms with Crippen molar-refractivity contribution < 1.29 is 9.53 Å². The summed E-state index contributed by atoms with van der Waals surface area (Å²) in [4.78, 5) is 32.7. The Morgan fingerprint density at radius 3 is 2.50 bits per heavy atom. The molecule has 1 aliphatic heterocycles. The summed E-state index contributed by atoms with van der Waals surface area (Å²) in [5, 5.41) is 2.17. The highest BCUT2D eigenvalue weighted by Crippen LogP contribution is 2.34. The highest BCUT2D eigenvalue weighted by atomic mass is 35.5. The topological polar surface area (TPSA) is 65.6 Å². The standard InChI is InChI=1S/C33H27Cl2N3O3S/c1-19(2)41-32(40)29-20(3)36-33-38(30(29)25-9-4-6-10-26(25)35)31(39)28(42-33)16-22-18-37(27-11-7-5-8-24(22)27)17-21-12-14-23(34)15-13-21/h4-16,18-19,30H,17H2,1-3H3. The number of nitrogens with zero attached hydrogens (tertiary/aromatic N) is 3. The lowest BCUT2D eigenvalue weighted by molar-refractivity contribution is -0.143. The molecule has 0 N–H and O–H groups in total. The Morgan fingerprint density at radius 1 is 1.05 bits per heavy atom. The third-order valence-corrected chi connectivity index (χ3v) is 8.74. The second kappa shape index (κ2) is 11.4. The largest absolute Gasteiger partial charge is 0.459 e. The van der Waals surface area contributed by atoms with Crippen LogP contribution >= 0.6 is 34.5 Å². The van der Waals surface area contributed by atoms with E-state index in [1.54, 1.807) is 31.4 Å². The summed E-state index contributed by atoms with van der Waals surface area (Å²) in [6.07, 6.45) is 3.62. The van der Waals surface area contributed by atoms with Crippen LogP contribution in [0.25, 0.3) is 17.0 Å². The maximum absolute atomic E-state index is 14.1. The maximum atomic E-state index is 14.1. The Balaban J connectivity index is 1.52. The molecule has 6 rings (SSSR count). The number of carbonyl (C=O) groups excluding carboxylic acids is 1. The number of rotatable bonds is 6. The van der Waals surface area contributed by atoms with E-state index in [1.165, 1.54) is 11.3 Å². The number of para-hydroxylation sites is 1. The molecule has 0 saturated carbocycles. The van der Waals surface area contributed by atoms with Crippen molar-refractivity contribution in [3.8, 4) is 0 Å². The van der Waals surface area contributed by atoms with Gasteiger partial charge in [-0.3, -0.25) is 9.36 Å². The van der Waals surface area contributed by atoms with Crippen LogP contribution in [0.4, 0.5) is 0 Å². The van der Waals surface area contributed by atoms with Gasteiger partial charge in [-0.05, 0) is 62.2 Å². The van der Waals surface area contributed by atoms with Crippen molar-refractivity contribution in [2.45, 2.75) is 39.5 Å². The minimum Gasteiger partial charge on any atom is -0.459 e. The van der Waals surface area contributed by atoms with Gasteiger partial charge in [-0.25, -0.2) is 9.79 Å². The summed E-state index contributed by atoms with van der Waals surface area (Å²) < 4.78 is 9.82. The summed E-state index contributed by atoms with van der Waals surface area (Å²) in [7, 11) is 0. The number of fused-ring (bicyclic) bond motifs is 2. The molecule has 0 fully saturated rings. The smallest absolute Gasteiger partial charge is 0.338 e. The van der Waals surface area contributed by atoms with E-state index in [0.29, 0.717) is 42.8 Å². The first-order chi connectivity index (χ1) is 20.2. The van der Waals surface area contributed by atoms with Crippen LogP contribution in [-0.2, 0) is 16.1 Å². The average molecular weight is 617 g/mol. The lowest BCUT2D eigenvalue weighted by Gasteiger charge is -2.26. The predicted molar refractivity (Wildman–Crippen MR) is 169 cm³/mol. The van der Waals surface area contributed by atoms with E-state index in [2.05, 4.69) is 16.8 Å². The van der Waals surface area contributed by atoms with Gasteiger partial charge in [0.05, 0.1) is 21.9 Å². The van der Waals surface area contributed by atoms with Gasteiger partial charge in [-0.1, -0.05) is 83.1 Å². The molecule has 42 heavy (non-hydrogen) atoms. The van der Waals surface area contributed by atoms with Crippen LogP contribution in [0, 0.1) is 0 Å². The van der Waals surface area contributed by atoms with Gasteiger partial charge in [0.15, 0.2) is 4.80 Å². The normalized spacial score (nSPS) is 15.3. The van der Waals surface area contributed by atoms with Gasteiger partial charge in [0.2, 0.25) is 0 Å². The summed E-state index contributed by atoms with van der Waals surface area (Å²) >= 11 is 14.0. The fourth-order valence-electron chi connectivity index (χ4n) is 5.30. The second-order valence-corrected chi connectivity index (χ2v) is 12.3. The first-order valence-electron chi connectivity index (χ1n) is 13.5. The van der Waals surface area contributed by atoms with Crippen LogP contribution in [0.2, 0.25) is 10.0 Å². The van der Waals surface area contributed by atoms with E-state index in [9.17, 15) is 9.59 Å². The zero-order valence-corrected chi connectivity index (χ0v) is 25.5. The highest BCUT2D eigenvalue weighted by molar-refractivity contribution is 7.07. The number of ether oxygens (including phenoxy) is 1. The van der Waals surface area contributed by atoms with Crippen molar-refractivity contribution in [3.05, 3.63) is 137 Å². The molecule has 212 valence electrons. The molecule has 0 spiro atoms. The fourth-order valence-corrected chi connectivity index (χ4v) is 6.70.